The van der Waals surface area contributed by atoms with Crippen molar-refractivity contribution in [2.75, 3.05) is 40.4 Å². The number of nitrogens with zero attached hydrogens (tertiary/aromatic N) is 1. The molecule has 0 radical (unpaired) electrons. The number of amides is 2. The third kappa shape index (κ3) is 5.04. The number of carboxylic acid groups (broad SMARTS) is 1. The zero-order valence-electron chi connectivity index (χ0n) is 11.6. The highest BCUT2D eigenvalue weighted by Gasteiger charge is 2.43. The first-order valence-electron chi connectivity index (χ1n) is 6.48. The van der Waals surface area contributed by atoms with Gasteiger partial charge in [-0.05, 0) is 33.5 Å². The molecule has 0 aliphatic carbocycles. The third-order valence-corrected chi connectivity index (χ3v) is 3.10. The largest absolute Gasteiger partial charge is 0.479 e. The predicted molar refractivity (Wildman–Crippen MR) is 70.1 cm³/mol. The summed E-state index contributed by atoms with van der Waals surface area (Å²) in [5.74, 6) is -1.05. The molecule has 1 aliphatic rings. The van der Waals surface area contributed by atoms with Gasteiger partial charge < -0.3 is 25.4 Å². The maximum absolute atomic E-state index is 11.7. The lowest BCUT2D eigenvalue weighted by molar-refractivity contribution is -0.144. The Morgan fingerprint density at radius 2 is 2.11 bits per heavy atom. The van der Waals surface area contributed by atoms with Gasteiger partial charge in [0.15, 0.2) is 5.54 Å². The first-order chi connectivity index (χ1) is 8.96. The van der Waals surface area contributed by atoms with Gasteiger partial charge in [0.25, 0.3) is 0 Å². The van der Waals surface area contributed by atoms with Crippen molar-refractivity contribution < 1.29 is 19.4 Å². The van der Waals surface area contributed by atoms with Crippen molar-refractivity contribution in [3.63, 3.8) is 0 Å². The Labute approximate surface area is 113 Å². The minimum atomic E-state index is -1.27. The molecule has 1 rings (SSSR count). The summed E-state index contributed by atoms with van der Waals surface area (Å²) in [6.07, 6.45) is 2.15. The molecule has 7 heteroatoms. The Hall–Kier alpha value is -1.34. The molecule has 1 atom stereocenters. The van der Waals surface area contributed by atoms with Crippen molar-refractivity contribution in [3.8, 4) is 0 Å². The second-order valence-corrected chi connectivity index (χ2v) is 5.08. The molecule has 1 unspecified atom stereocenters. The molecule has 1 fully saturated rings. The number of urea groups is 1. The second kappa shape index (κ2) is 7.30. The number of carbonyl (C=O) groups is 2. The van der Waals surface area contributed by atoms with Crippen LogP contribution in [0.4, 0.5) is 4.79 Å². The van der Waals surface area contributed by atoms with E-state index >= 15 is 0 Å². The van der Waals surface area contributed by atoms with Crippen molar-refractivity contribution in [2.45, 2.75) is 24.8 Å². The summed E-state index contributed by atoms with van der Waals surface area (Å²) >= 11 is 0. The monoisotopic (exact) mass is 273 g/mol. The lowest BCUT2D eigenvalue weighted by Gasteiger charge is -2.23. The van der Waals surface area contributed by atoms with Gasteiger partial charge in [0.1, 0.15) is 0 Å². The van der Waals surface area contributed by atoms with Crippen LogP contribution in [-0.2, 0) is 9.53 Å². The zero-order chi connectivity index (χ0) is 14.3. The van der Waals surface area contributed by atoms with E-state index in [0.29, 0.717) is 19.6 Å². The van der Waals surface area contributed by atoms with Gasteiger partial charge in [0.05, 0.1) is 6.61 Å². The minimum absolute atomic E-state index is 0.0242. The summed E-state index contributed by atoms with van der Waals surface area (Å²) in [5, 5.41) is 14.3. The number of aliphatic carboxylic acids is 1. The van der Waals surface area contributed by atoms with E-state index in [4.69, 9.17) is 9.84 Å². The molecule has 1 aliphatic heterocycles. The maximum atomic E-state index is 11.7. The van der Waals surface area contributed by atoms with E-state index in [-0.39, 0.29) is 6.61 Å². The third-order valence-electron chi connectivity index (χ3n) is 3.10. The SMILES string of the molecule is CN(C)CCCCNC(=O)NC1(C(=O)O)CCOC1. The number of unbranched alkanes of at least 4 members (excludes halogenated alkanes) is 1. The van der Waals surface area contributed by atoms with Crippen molar-refractivity contribution >= 4 is 12.0 Å². The molecule has 2 amide bonds. The Kier molecular flexibility index (Phi) is 6.04. The van der Waals surface area contributed by atoms with Crippen LogP contribution in [0.1, 0.15) is 19.3 Å². The molecule has 1 saturated heterocycles. The second-order valence-electron chi connectivity index (χ2n) is 5.08. The lowest BCUT2D eigenvalue weighted by Crippen LogP contribution is -2.57. The van der Waals surface area contributed by atoms with Crippen LogP contribution in [0.15, 0.2) is 0 Å². The van der Waals surface area contributed by atoms with Crippen LogP contribution in [0.5, 0.6) is 0 Å². The van der Waals surface area contributed by atoms with Gasteiger partial charge in [-0.2, -0.15) is 0 Å². The van der Waals surface area contributed by atoms with Crippen LogP contribution in [0.2, 0.25) is 0 Å². The van der Waals surface area contributed by atoms with Crippen LogP contribution >= 0.6 is 0 Å². The van der Waals surface area contributed by atoms with E-state index < -0.39 is 17.5 Å². The lowest BCUT2D eigenvalue weighted by atomic mass is 9.99. The summed E-state index contributed by atoms with van der Waals surface area (Å²) in [5.41, 5.74) is -1.27. The standard InChI is InChI=1S/C12H23N3O4/c1-15(2)7-4-3-6-13-11(18)14-12(10(16)17)5-8-19-9-12/h3-9H2,1-2H3,(H,16,17)(H2,13,14,18). The summed E-state index contributed by atoms with van der Waals surface area (Å²) in [6, 6.07) is -0.447. The molecule has 0 spiro atoms. The molecule has 7 nitrogen and oxygen atoms in total. The average molecular weight is 273 g/mol. The highest BCUT2D eigenvalue weighted by molar-refractivity contribution is 5.86. The van der Waals surface area contributed by atoms with Crippen LogP contribution in [0.25, 0.3) is 0 Å². The number of rotatable bonds is 7. The average Bonchev–Trinajstić information content (AvgIpc) is 2.78. The van der Waals surface area contributed by atoms with Crippen LogP contribution < -0.4 is 10.6 Å². The number of nitrogens with one attached hydrogen (secondary N) is 2. The van der Waals surface area contributed by atoms with Gasteiger partial charge >= 0.3 is 12.0 Å². The number of hydrogen-bond donors (Lipinski definition) is 3. The Morgan fingerprint density at radius 3 is 2.63 bits per heavy atom. The Balaban J connectivity index is 2.24. The van der Waals surface area contributed by atoms with Gasteiger partial charge in [-0.3, -0.25) is 0 Å². The number of carbonyl (C=O) groups excluding carboxylic acids is 1. The molecule has 0 bridgehead atoms. The van der Waals surface area contributed by atoms with E-state index in [1.165, 1.54) is 0 Å². The zero-order valence-corrected chi connectivity index (χ0v) is 11.6. The van der Waals surface area contributed by atoms with Gasteiger partial charge in [-0.25, -0.2) is 9.59 Å². The van der Waals surface area contributed by atoms with Crippen LogP contribution in [0.3, 0.4) is 0 Å². The molecule has 1 heterocycles. The number of carboxylic acids is 1. The fourth-order valence-corrected chi connectivity index (χ4v) is 1.90. The van der Waals surface area contributed by atoms with E-state index in [1.54, 1.807) is 0 Å². The Bertz CT molecular complexity index is 314. The predicted octanol–water partition coefficient (Wildman–Crippen LogP) is -0.129. The summed E-state index contributed by atoms with van der Waals surface area (Å²) < 4.78 is 5.06. The molecule has 3 N–H and O–H groups in total. The van der Waals surface area contributed by atoms with Gasteiger partial charge in [0, 0.05) is 19.6 Å². The normalized spacial score (nSPS) is 22.5. The molecule has 0 aromatic carbocycles. The molecule has 110 valence electrons. The molecule has 0 aromatic rings. The molecule has 0 aromatic heterocycles. The van der Waals surface area contributed by atoms with E-state index in [1.807, 2.05) is 14.1 Å². The summed E-state index contributed by atoms with van der Waals surface area (Å²) in [7, 11) is 3.99. The first-order valence-corrected chi connectivity index (χ1v) is 6.48. The summed E-state index contributed by atoms with van der Waals surface area (Å²) in [4.78, 5) is 24.9. The minimum Gasteiger partial charge on any atom is -0.479 e. The molecular formula is C12H23N3O4. The van der Waals surface area contributed by atoms with Gasteiger partial charge in [-0.15, -0.1) is 0 Å². The Morgan fingerprint density at radius 1 is 1.37 bits per heavy atom. The summed E-state index contributed by atoms with van der Waals surface area (Å²) in [6.45, 7) is 1.89. The quantitative estimate of drug-likeness (QED) is 0.562. The maximum Gasteiger partial charge on any atom is 0.332 e. The van der Waals surface area contributed by atoms with Crippen LogP contribution in [-0.4, -0.2) is 67.9 Å². The fraction of sp³-hybridized carbons (Fsp3) is 0.833. The van der Waals surface area contributed by atoms with Crippen molar-refractivity contribution in [1.82, 2.24) is 15.5 Å². The fourth-order valence-electron chi connectivity index (χ4n) is 1.90. The number of hydrogen-bond acceptors (Lipinski definition) is 4. The smallest absolute Gasteiger partial charge is 0.332 e. The van der Waals surface area contributed by atoms with E-state index in [9.17, 15) is 9.59 Å². The first kappa shape index (κ1) is 15.7. The molecule has 19 heavy (non-hydrogen) atoms. The van der Waals surface area contributed by atoms with Crippen molar-refractivity contribution in [2.24, 2.45) is 0 Å². The topological polar surface area (TPSA) is 90.9 Å². The van der Waals surface area contributed by atoms with Gasteiger partial charge in [-0.1, -0.05) is 0 Å². The van der Waals surface area contributed by atoms with Crippen molar-refractivity contribution in [1.29, 1.82) is 0 Å². The van der Waals surface area contributed by atoms with Gasteiger partial charge in [0.2, 0.25) is 0 Å². The molecule has 0 saturated carbocycles. The van der Waals surface area contributed by atoms with Crippen LogP contribution in [0, 0.1) is 0 Å². The van der Waals surface area contributed by atoms with E-state index in [2.05, 4.69) is 15.5 Å². The van der Waals surface area contributed by atoms with Crippen molar-refractivity contribution in [3.05, 3.63) is 0 Å². The highest BCUT2D eigenvalue weighted by atomic mass is 16.5. The van der Waals surface area contributed by atoms with E-state index in [0.717, 1.165) is 19.4 Å². The molecular weight excluding hydrogens is 250 g/mol. The number of ether oxygens (including phenoxy) is 1. The highest BCUT2D eigenvalue weighted by Crippen LogP contribution is 2.18.